The molecule has 1 aromatic heterocycles. The van der Waals surface area contributed by atoms with E-state index in [4.69, 9.17) is 4.84 Å². The van der Waals surface area contributed by atoms with Gasteiger partial charge in [0.2, 0.25) is 0 Å². The van der Waals surface area contributed by atoms with Gasteiger partial charge in [0.25, 0.3) is 0 Å². The van der Waals surface area contributed by atoms with E-state index in [1.807, 2.05) is 4.68 Å². The molecule has 1 aromatic rings. The minimum Gasteiger partial charge on any atom is -0.301 e. The van der Waals surface area contributed by atoms with Gasteiger partial charge in [-0.2, -0.15) is 10.6 Å². The van der Waals surface area contributed by atoms with Crippen LogP contribution in [0.4, 0.5) is 0 Å². The lowest BCUT2D eigenvalue weighted by Gasteiger charge is -2.08. The molecule has 0 radical (unpaired) electrons. The Bertz CT molecular complexity index is 272. The Hall–Kier alpha value is -0.940. The van der Waals surface area contributed by atoms with Crippen LogP contribution >= 0.6 is 0 Å². The average Bonchev–Trinajstić information content (AvgIpc) is 2.61. The number of aromatic nitrogens is 3. The second-order valence-electron chi connectivity index (χ2n) is 3.93. The van der Waals surface area contributed by atoms with Crippen LogP contribution in [-0.4, -0.2) is 21.4 Å². The zero-order chi connectivity index (χ0) is 11.1. The molecule has 5 nitrogen and oxygen atoms in total. The molecule has 0 fully saturated rings. The highest BCUT2D eigenvalue weighted by Crippen LogP contribution is 1.96. The van der Waals surface area contributed by atoms with Crippen molar-refractivity contribution in [2.24, 2.45) is 5.92 Å². The van der Waals surface area contributed by atoms with Gasteiger partial charge in [-0.05, 0) is 12.3 Å². The van der Waals surface area contributed by atoms with Gasteiger partial charge in [-0.3, -0.25) is 0 Å². The van der Waals surface area contributed by atoms with Gasteiger partial charge in [-0.25, -0.2) is 9.67 Å². The highest BCUT2D eigenvalue weighted by Gasteiger charge is 2.02. The van der Waals surface area contributed by atoms with Gasteiger partial charge >= 0.3 is 0 Å². The van der Waals surface area contributed by atoms with E-state index in [0.29, 0.717) is 19.1 Å². The topological polar surface area (TPSA) is 52.0 Å². The maximum Gasteiger partial charge on any atom is 0.143 e. The van der Waals surface area contributed by atoms with Gasteiger partial charge in [0.15, 0.2) is 0 Å². The number of hydrogen-bond acceptors (Lipinski definition) is 4. The van der Waals surface area contributed by atoms with Gasteiger partial charge in [0.05, 0.1) is 13.2 Å². The highest BCUT2D eigenvalue weighted by atomic mass is 16.6. The zero-order valence-electron chi connectivity index (χ0n) is 9.73. The summed E-state index contributed by atoms with van der Waals surface area (Å²) in [6.07, 6.45) is 2.64. The maximum absolute atomic E-state index is 5.27. The summed E-state index contributed by atoms with van der Waals surface area (Å²) < 4.78 is 1.89. The molecule has 0 saturated carbocycles. The van der Waals surface area contributed by atoms with Crippen molar-refractivity contribution in [3.63, 3.8) is 0 Å². The Balaban J connectivity index is 2.27. The van der Waals surface area contributed by atoms with Crippen molar-refractivity contribution in [1.29, 1.82) is 0 Å². The molecule has 0 aromatic carbocycles. The van der Waals surface area contributed by atoms with Gasteiger partial charge < -0.3 is 4.84 Å². The normalized spacial score (nSPS) is 11.2. The van der Waals surface area contributed by atoms with Crippen molar-refractivity contribution in [2.75, 3.05) is 6.61 Å². The Morgan fingerprint density at radius 3 is 3.00 bits per heavy atom. The Labute approximate surface area is 90.8 Å². The van der Waals surface area contributed by atoms with Crippen LogP contribution in [0.3, 0.4) is 0 Å². The smallest absolute Gasteiger partial charge is 0.143 e. The molecule has 1 heterocycles. The summed E-state index contributed by atoms with van der Waals surface area (Å²) in [7, 11) is 0. The van der Waals surface area contributed by atoms with E-state index in [1.54, 1.807) is 6.33 Å². The molecule has 1 N–H and O–H groups in total. The monoisotopic (exact) mass is 212 g/mol. The fourth-order valence-electron chi connectivity index (χ4n) is 1.16. The predicted molar refractivity (Wildman–Crippen MR) is 57.9 cm³/mol. The molecule has 5 heteroatoms. The Morgan fingerprint density at radius 2 is 2.33 bits per heavy atom. The van der Waals surface area contributed by atoms with Crippen molar-refractivity contribution in [3.8, 4) is 0 Å². The molecule has 1 rings (SSSR count). The third kappa shape index (κ3) is 4.40. The largest absolute Gasteiger partial charge is 0.301 e. The summed E-state index contributed by atoms with van der Waals surface area (Å²) in [4.78, 5) is 9.43. The molecule has 0 amide bonds. The van der Waals surface area contributed by atoms with Crippen LogP contribution in [0, 0.1) is 5.92 Å². The second kappa shape index (κ2) is 6.53. The minimum absolute atomic E-state index is 0.533. The van der Waals surface area contributed by atoms with Crippen LogP contribution in [0.2, 0.25) is 0 Å². The SMILES string of the molecule is CCCn1ncnc1CNOCC(C)C. The predicted octanol–water partition coefficient (Wildman–Crippen LogP) is 1.37. The van der Waals surface area contributed by atoms with Crippen LogP contribution in [0.1, 0.15) is 33.0 Å². The van der Waals surface area contributed by atoms with Crippen molar-refractivity contribution in [3.05, 3.63) is 12.2 Å². The summed E-state index contributed by atoms with van der Waals surface area (Å²) in [5, 5.41) is 4.13. The second-order valence-corrected chi connectivity index (χ2v) is 3.93. The number of hydrogen-bond donors (Lipinski definition) is 1. The molecule has 86 valence electrons. The number of hydroxylamine groups is 1. The first kappa shape index (κ1) is 12.1. The minimum atomic E-state index is 0.533. The van der Waals surface area contributed by atoms with Crippen LogP contribution in [0.5, 0.6) is 0 Å². The molecule has 0 saturated heterocycles. The van der Waals surface area contributed by atoms with Crippen molar-refractivity contribution in [2.45, 2.75) is 40.3 Å². The lowest BCUT2D eigenvalue weighted by atomic mass is 10.2. The van der Waals surface area contributed by atoms with E-state index in [2.05, 4.69) is 36.3 Å². The molecule has 0 aliphatic carbocycles. The van der Waals surface area contributed by atoms with Gasteiger partial charge in [-0.15, -0.1) is 0 Å². The highest BCUT2D eigenvalue weighted by molar-refractivity contribution is 4.82. The maximum atomic E-state index is 5.27. The summed E-state index contributed by atoms with van der Waals surface area (Å²) in [6.45, 7) is 8.56. The Morgan fingerprint density at radius 1 is 1.53 bits per heavy atom. The van der Waals surface area contributed by atoms with E-state index < -0.39 is 0 Å². The molecular formula is C10H20N4O. The first-order chi connectivity index (χ1) is 7.24. The Kier molecular flexibility index (Phi) is 5.28. The molecule has 0 aliphatic heterocycles. The van der Waals surface area contributed by atoms with E-state index >= 15 is 0 Å². The molecule has 0 unspecified atom stereocenters. The first-order valence-corrected chi connectivity index (χ1v) is 5.45. The standard InChI is InChI=1S/C10H20N4O/c1-4-5-14-10(11-8-12-14)6-13-15-7-9(2)3/h8-9,13H,4-7H2,1-3H3. The third-order valence-electron chi connectivity index (χ3n) is 1.88. The summed E-state index contributed by atoms with van der Waals surface area (Å²) >= 11 is 0. The van der Waals surface area contributed by atoms with Crippen molar-refractivity contribution >= 4 is 0 Å². The summed E-state index contributed by atoms with van der Waals surface area (Å²) in [6, 6.07) is 0. The third-order valence-corrected chi connectivity index (χ3v) is 1.88. The van der Waals surface area contributed by atoms with E-state index in [-0.39, 0.29) is 0 Å². The first-order valence-electron chi connectivity index (χ1n) is 5.45. The number of rotatable bonds is 7. The van der Waals surface area contributed by atoms with Crippen LogP contribution in [0.15, 0.2) is 6.33 Å². The number of nitrogens with one attached hydrogen (secondary N) is 1. The number of nitrogens with zero attached hydrogens (tertiary/aromatic N) is 3. The van der Waals surface area contributed by atoms with Gasteiger partial charge in [0.1, 0.15) is 12.2 Å². The molecule has 15 heavy (non-hydrogen) atoms. The molecular weight excluding hydrogens is 192 g/mol. The van der Waals surface area contributed by atoms with Crippen LogP contribution in [0.25, 0.3) is 0 Å². The van der Waals surface area contributed by atoms with Crippen molar-refractivity contribution in [1.82, 2.24) is 20.2 Å². The van der Waals surface area contributed by atoms with Crippen LogP contribution < -0.4 is 5.48 Å². The molecule has 0 atom stereocenters. The van der Waals surface area contributed by atoms with Crippen molar-refractivity contribution < 1.29 is 4.84 Å². The summed E-state index contributed by atoms with van der Waals surface area (Å²) in [5.41, 5.74) is 2.89. The quantitative estimate of drug-likeness (QED) is 0.548. The fraction of sp³-hybridized carbons (Fsp3) is 0.800. The zero-order valence-corrected chi connectivity index (χ0v) is 9.73. The molecule has 0 aliphatic rings. The van der Waals surface area contributed by atoms with Crippen LogP contribution in [-0.2, 0) is 17.9 Å². The van der Waals surface area contributed by atoms with E-state index in [9.17, 15) is 0 Å². The van der Waals surface area contributed by atoms with Gasteiger partial charge in [-0.1, -0.05) is 20.8 Å². The van der Waals surface area contributed by atoms with E-state index in [0.717, 1.165) is 18.8 Å². The lowest BCUT2D eigenvalue weighted by molar-refractivity contribution is 0.0177. The molecule has 0 bridgehead atoms. The average molecular weight is 212 g/mol. The summed E-state index contributed by atoms with van der Waals surface area (Å²) in [5.74, 6) is 1.45. The molecule has 0 spiro atoms. The van der Waals surface area contributed by atoms with Gasteiger partial charge in [0, 0.05) is 6.54 Å². The number of aryl methyl sites for hydroxylation is 1. The fourth-order valence-corrected chi connectivity index (χ4v) is 1.16. The van der Waals surface area contributed by atoms with E-state index in [1.165, 1.54) is 0 Å². The lowest BCUT2D eigenvalue weighted by Crippen LogP contribution is -2.20.